The van der Waals surface area contributed by atoms with Crippen LogP contribution in [0.25, 0.3) is 0 Å². The number of halogens is 3. The Morgan fingerprint density at radius 2 is 2.09 bits per heavy atom. The molecule has 1 amide bonds. The normalized spacial score (nSPS) is 10.7. The van der Waals surface area contributed by atoms with Gasteiger partial charge in [-0.05, 0) is 24.3 Å². The Kier molecular flexibility index (Phi) is 4.81. The summed E-state index contributed by atoms with van der Waals surface area (Å²) in [4.78, 5) is 15.7. The number of ether oxygens (including phenoxy) is 1. The smallest absolute Gasteiger partial charge is 0.422 e. The van der Waals surface area contributed by atoms with Crippen molar-refractivity contribution in [3.8, 4) is 11.9 Å². The minimum atomic E-state index is -4.44. The van der Waals surface area contributed by atoms with Gasteiger partial charge < -0.3 is 10.1 Å². The Morgan fingerprint density at radius 3 is 2.70 bits per heavy atom. The maximum Gasteiger partial charge on any atom is 0.422 e. The summed E-state index contributed by atoms with van der Waals surface area (Å²) in [5.74, 6) is -0.667. The maximum absolute atomic E-state index is 12.0. The molecule has 0 radical (unpaired) electrons. The second kappa shape index (κ2) is 6.79. The van der Waals surface area contributed by atoms with Gasteiger partial charge in [-0.2, -0.15) is 18.4 Å². The summed E-state index contributed by atoms with van der Waals surface area (Å²) in [6.45, 7) is -1.44. The van der Waals surface area contributed by atoms with Gasteiger partial charge in [-0.25, -0.2) is 4.98 Å². The van der Waals surface area contributed by atoms with Crippen molar-refractivity contribution < 1.29 is 22.7 Å². The van der Waals surface area contributed by atoms with Crippen LogP contribution in [-0.4, -0.2) is 23.7 Å². The van der Waals surface area contributed by atoms with Crippen molar-refractivity contribution in [1.82, 2.24) is 4.98 Å². The SMILES string of the molecule is N#Cc1cccc(C(=O)Nc2ccc(OCC(F)(F)F)nc2)c1. The summed E-state index contributed by atoms with van der Waals surface area (Å²) in [6.07, 6.45) is -3.27. The molecule has 2 rings (SSSR count). The summed E-state index contributed by atoms with van der Waals surface area (Å²) < 4.78 is 40.5. The van der Waals surface area contributed by atoms with E-state index in [1.54, 1.807) is 12.1 Å². The molecule has 0 atom stereocenters. The number of benzene rings is 1. The molecule has 118 valence electrons. The first-order valence-electron chi connectivity index (χ1n) is 6.34. The number of aromatic nitrogens is 1. The summed E-state index contributed by atoms with van der Waals surface area (Å²) in [5, 5.41) is 11.3. The molecular weight excluding hydrogens is 311 g/mol. The Labute approximate surface area is 129 Å². The molecule has 1 N–H and O–H groups in total. The second-order valence-electron chi connectivity index (χ2n) is 4.44. The molecule has 23 heavy (non-hydrogen) atoms. The zero-order valence-corrected chi connectivity index (χ0v) is 11.6. The largest absolute Gasteiger partial charge is 0.468 e. The zero-order chi connectivity index (χ0) is 16.9. The van der Waals surface area contributed by atoms with Gasteiger partial charge in [0.15, 0.2) is 6.61 Å². The molecule has 2 aromatic rings. The van der Waals surface area contributed by atoms with Gasteiger partial charge in [0.05, 0.1) is 23.5 Å². The number of nitriles is 1. The topological polar surface area (TPSA) is 75.0 Å². The lowest BCUT2D eigenvalue weighted by molar-refractivity contribution is -0.154. The van der Waals surface area contributed by atoms with Crippen molar-refractivity contribution in [3.05, 3.63) is 53.7 Å². The van der Waals surface area contributed by atoms with E-state index in [9.17, 15) is 18.0 Å². The van der Waals surface area contributed by atoms with E-state index in [-0.39, 0.29) is 17.1 Å². The molecule has 5 nitrogen and oxygen atoms in total. The van der Waals surface area contributed by atoms with Gasteiger partial charge in [0.1, 0.15) is 0 Å². The van der Waals surface area contributed by atoms with Gasteiger partial charge in [0.2, 0.25) is 5.88 Å². The minimum absolute atomic E-state index is 0.202. The number of amides is 1. The number of anilines is 1. The molecule has 0 aliphatic carbocycles. The van der Waals surface area contributed by atoms with Crippen LogP contribution in [-0.2, 0) is 0 Å². The van der Waals surface area contributed by atoms with Crippen LogP contribution >= 0.6 is 0 Å². The third-order valence-corrected chi connectivity index (χ3v) is 2.63. The van der Waals surface area contributed by atoms with Crippen LogP contribution in [0.4, 0.5) is 18.9 Å². The molecule has 0 spiro atoms. The van der Waals surface area contributed by atoms with E-state index in [0.717, 1.165) is 0 Å². The molecule has 0 bridgehead atoms. The van der Waals surface area contributed by atoms with Crippen LogP contribution in [0.3, 0.4) is 0 Å². The highest BCUT2D eigenvalue weighted by molar-refractivity contribution is 6.04. The fourth-order valence-electron chi connectivity index (χ4n) is 1.63. The first kappa shape index (κ1) is 16.3. The Hall–Kier alpha value is -3.08. The van der Waals surface area contributed by atoms with Crippen molar-refractivity contribution in [2.75, 3.05) is 11.9 Å². The van der Waals surface area contributed by atoms with Crippen LogP contribution < -0.4 is 10.1 Å². The molecule has 1 aromatic heterocycles. The zero-order valence-electron chi connectivity index (χ0n) is 11.6. The number of hydrogen-bond donors (Lipinski definition) is 1. The van der Waals surface area contributed by atoms with E-state index < -0.39 is 18.7 Å². The van der Waals surface area contributed by atoms with Crippen molar-refractivity contribution in [3.63, 3.8) is 0 Å². The lowest BCUT2D eigenvalue weighted by Crippen LogP contribution is -2.19. The number of rotatable bonds is 4. The van der Waals surface area contributed by atoms with Gasteiger partial charge in [-0.3, -0.25) is 4.79 Å². The monoisotopic (exact) mass is 321 g/mol. The summed E-state index contributed by atoms with van der Waals surface area (Å²) in [6, 6.07) is 10.6. The van der Waals surface area contributed by atoms with Crippen molar-refractivity contribution >= 4 is 11.6 Å². The first-order valence-corrected chi connectivity index (χ1v) is 6.34. The van der Waals surface area contributed by atoms with Crippen LogP contribution in [0.1, 0.15) is 15.9 Å². The maximum atomic E-state index is 12.0. The number of pyridine rings is 1. The highest BCUT2D eigenvalue weighted by Gasteiger charge is 2.28. The third kappa shape index (κ3) is 5.00. The average molecular weight is 321 g/mol. The quantitative estimate of drug-likeness (QED) is 0.938. The predicted molar refractivity (Wildman–Crippen MR) is 74.9 cm³/mol. The summed E-state index contributed by atoms with van der Waals surface area (Å²) in [7, 11) is 0. The number of nitrogens with zero attached hydrogens (tertiary/aromatic N) is 2. The minimum Gasteiger partial charge on any atom is -0.468 e. The molecule has 1 heterocycles. The summed E-state index contributed by atoms with van der Waals surface area (Å²) >= 11 is 0. The van der Waals surface area contributed by atoms with E-state index in [2.05, 4.69) is 15.0 Å². The molecule has 0 saturated carbocycles. The molecule has 0 fully saturated rings. The van der Waals surface area contributed by atoms with Gasteiger partial charge in [0, 0.05) is 11.6 Å². The lowest BCUT2D eigenvalue weighted by Gasteiger charge is -2.09. The van der Waals surface area contributed by atoms with Gasteiger partial charge in [-0.15, -0.1) is 0 Å². The Bertz CT molecular complexity index is 737. The average Bonchev–Trinajstić information content (AvgIpc) is 2.53. The number of alkyl halides is 3. The predicted octanol–water partition coefficient (Wildman–Crippen LogP) is 3.15. The fourth-order valence-corrected chi connectivity index (χ4v) is 1.63. The van der Waals surface area contributed by atoms with Crippen LogP contribution in [0.5, 0.6) is 5.88 Å². The Morgan fingerprint density at radius 1 is 1.30 bits per heavy atom. The standard InChI is InChI=1S/C15H10F3N3O2/c16-15(17,18)9-23-13-5-4-12(8-20-13)21-14(22)11-3-1-2-10(6-11)7-19/h1-6,8H,9H2,(H,21,22). The van der Waals surface area contributed by atoms with Gasteiger partial charge in [-0.1, -0.05) is 6.07 Å². The molecule has 0 unspecified atom stereocenters. The molecular formula is C15H10F3N3O2. The number of carbonyl (C=O) groups excluding carboxylic acids is 1. The van der Waals surface area contributed by atoms with Crippen molar-refractivity contribution in [2.24, 2.45) is 0 Å². The van der Waals surface area contributed by atoms with E-state index in [0.29, 0.717) is 5.56 Å². The Balaban J connectivity index is 2.00. The molecule has 8 heteroatoms. The van der Waals surface area contributed by atoms with E-state index in [1.807, 2.05) is 6.07 Å². The molecule has 0 saturated heterocycles. The van der Waals surface area contributed by atoms with Crippen LogP contribution in [0.2, 0.25) is 0 Å². The van der Waals surface area contributed by atoms with Crippen molar-refractivity contribution in [2.45, 2.75) is 6.18 Å². The highest BCUT2D eigenvalue weighted by Crippen LogP contribution is 2.18. The van der Waals surface area contributed by atoms with Gasteiger partial charge in [0.25, 0.3) is 5.91 Å². The number of nitrogens with one attached hydrogen (secondary N) is 1. The lowest BCUT2D eigenvalue weighted by atomic mass is 10.1. The van der Waals surface area contributed by atoms with Crippen LogP contribution in [0, 0.1) is 11.3 Å². The summed E-state index contributed by atoms with van der Waals surface area (Å²) in [5.41, 5.74) is 0.907. The molecule has 0 aliphatic heterocycles. The third-order valence-electron chi connectivity index (χ3n) is 2.63. The van der Waals surface area contributed by atoms with E-state index in [4.69, 9.17) is 5.26 Å². The van der Waals surface area contributed by atoms with E-state index >= 15 is 0 Å². The highest BCUT2D eigenvalue weighted by atomic mass is 19.4. The number of carbonyl (C=O) groups is 1. The number of hydrogen-bond acceptors (Lipinski definition) is 4. The second-order valence-corrected chi connectivity index (χ2v) is 4.44. The van der Waals surface area contributed by atoms with E-state index in [1.165, 1.54) is 30.5 Å². The first-order chi connectivity index (χ1) is 10.9. The van der Waals surface area contributed by atoms with Crippen LogP contribution in [0.15, 0.2) is 42.6 Å². The molecule has 0 aliphatic rings. The van der Waals surface area contributed by atoms with Gasteiger partial charge >= 0.3 is 6.18 Å². The molecule has 1 aromatic carbocycles. The fraction of sp³-hybridized carbons (Fsp3) is 0.133. The van der Waals surface area contributed by atoms with Crippen molar-refractivity contribution in [1.29, 1.82) is 5.26 Å².